The van der Waals surface area contributed by atoms with Crippen LogP contribution in [0.25, 0.3) is 10.9 Å². The highest BCUT2D eigenvalue weighted by molar-refractivity contribution is 6.36. The average molecular weight is 317 g/mol. The number of para-hydroxylation sites is 1. The molecule has 1 heterocycles. The van der Waals surface area contributed by atoms with Gasteiger partial charge in [0.05, 0.1) is 16.8 Å². The number of rotatable bonds is 3. The summed E-state index contributed by atoms with van der Waals surface area (Å²) in [5.74, 6) is 0.641. The molecule has 0 atom stereocenters. The van der Waals surface area contributed by atoms with E-state index in [9.17, 15) is 0 Å². The van der Waals surface area contributed by atoms with E-state index in [4.69, 9.17) is 23.2 Å². The summed E-state index contributed by atoms with van der Waals surface area (Å²) < 4.78 is 0. The van der Waals surface area contributed by atoms with Crippen molar-refractivity contribution in [3.63, 3.8) is 0 Å². The van der Waals surface area contributed by atoms with Crippen LogP contribution in [-0.4, -0.2) is 16.2 Å². The maximum atomic E-state index is 6.08. The summed E-state index contributed by atoms with van der Waals surface area (Å²) in [6.45, 7) is 0. The van der Waals surface area contributed by atoms with Crippen LogP contribution in [0.1, 0.15) is 5.56 Å². The van der Waals surface area contributed by atoms with E-state index in [1.165, 1.54) is 6.33 Å². The predicted octanol–water partition coefficient (Wildman–Crippen LogP) is 4.38. The summed E-state index contributed by atoms with van der Waals surface area (Å²) in [5.41, 5.74) is 4.53. The van der Waals surface area contributed by atoms with Gasteiger partial charge in [0.2, 0.25) is 0 Å². The largest absolute Gasteiger partial charge is 0.261 e. The fourth-order valence-corrected chi connectivity index (χ4v) is 2.32. The lowest BCUT2D eigenvalue weighted by molar-refractivity contribution is 1.18. The Bertz CT molecular complexity index is 812. The van der Waals surface area contributed by atoms with Crippen molar-refractivity contribution in [2.45, 2.75) is 0 Å². The summed E-state index contributed by atoms with van der Waals surface area (Å²) in [7, 11) is 0. The van der Waals surface area contributed by atoms with Gasteiger partial charge in [-0.1, -0.05) is 41.4 Å². The Balaban J connectivity index is 1.84. The fraction of sp³-hybridized carbons (Fsp3) is 0. The van der Waals surface area contributed by atoms with Gasteiger partial charge in [0.15, 0.2) is 5.82 Å². The SMILES string of the molecule is Clc1ccc(/C=N\Nc2ncnc3ccccc23)c(Cl)c1. The van der Waals surface area contributed by atoms with E-state index in [0.717, 1.165) is 16.5 Å². The van der Waals surface area contributed by atoms with E-state index < -0.39 is 0 Å². The van der Waals surface area contributed by atoms with Gasteiger partial charge < -0.3 is 0 Å². The van der Waals surface area contributed by atoms with Crippen LogP contribution in [0.2, 0.25) is 10.0 Å². The normalized spacial score (nSPS) is 11.1. The molecule has 0 spiro atoms. The minimum absolute atomic E-state index is 0.542. The second kappa shape index (κ2) is 6.08. The maximum Gasteiger partial charge on any atom is 0.157 e. The molecule has 0 unspecified atom stereocenters. The van der Waals surface area contributed by atoms with E-state index >= 15 is 0 Å². The van der Waals surface area contributed by atoms with Gasteiger partial charge in [-0.25, -0.2) is 9.97 Å². The second-order valence-corrected chi connectivity index (χ2v) is 5.12. The smallest absolute Gasteiger partial charge is 0.157 e. The Morgan fingerprint density at radius 1 is 1.05 bits per heavy atom. The monoisotopic (exact) mass is 316 g/mol. The molecule has 0 bridgehead atoms. The molecule has 21 heavy (non-hydrogen) atoms. The van der Waals surface area contributed by atoms with Crippen LogP contribution in [0, 0.1) is 0 Å². The molecule has 0 saturated heterocycles. The minimum atomic E-state index is 0.542. The van der Waals surface area contributed by atoms with Crippen molar-refractivity contribution in [3.05, 3.63) is 64.4 Å². The Kier molecular flexibility index (Phi) is 3.99. The summed E-state index contributed by atoms with van der Waals surface area (Å²) in [6, 6.07) is 12.9. The molecule has 0 aliphatic rings. The summed E-state index contributed by atoms with van der Waals surface area (Å²) in [6.07, 6.45) is 3.12. The zero-order valence-corrected chi connectivity index (χ0v) is 12.3. The van der Waals surface area contributed by atoms with Crippen LogP contribution < -0.4 is 5.43 Å². The van der Waals surface area contributed by atoms with Crippen molar-refractivity contribution < 1.29 is 0 Å². The molecule has 0 fully saturated rings. The van der Waals surface area contributed by atoms with Crippen molar-refractivity contribution in [1.29, 1.82) is 0 Å². The molecule has 2 aromatic carbocycles. The van der Waals surface area contributed by atoms with E-state index in [-0.39, 0.29) is 0 Å². The molecule has 3 aromatic rings. The van der Waals surface area contributed by atoms with Crippen molar-refractivity contribution >= 4 is 46.1 Å². The van der Waals surface area contributed by atoms with Crippen molar-refractivity contribution in [1.82, 2.24) is 9.97 Å². The molecule has 1 N–H and O–H groups in total. The standard InChI is InChI=1S/C15H10Cl2N4/c16-11-6-5-10(13(17)7-11)8-20-21-15-12-3-1-2-4-14(12)18-9-19-15/h1-9H,(H,18,19,21)/b20-8-. The number of fused-ring (bicyclic) bond motifs is 1. The highest BCUT2D eigenvalue weighted by Gasteiger charge is 2.01. The van der Waals surface area contributed by atoms with Crippen molar-refractivity contribution in [3.8, 4) is 0 Å². The Hall–Kier alpha value is -2.17. The molecule has 6 heteroatoms. The number of halogens is 2. The molecule has 0 aliphatic heterocycles. The second-order valence-electron chi connectivity index (χ2n) is 4.28. The first-order chi connectivity index (χ1) is 10.2. The number of aromatic nitrogens is 2. The lowest BCUT2D eigenvalue weighted by Crippen LogP contribution is -1.96. The van der Waals surface area contributed by atoms with Gasteiger partial charge in [0.1, 0.15) is 6.33 Å². The molecule has 0 amide bonds. The van der Waals surface area contributed by atoms with Gasteiger partial charge >= 0.3 is 0 Å². The maximum absolute atomic E-state index is 6.08. The zero-order chi connectivity index (χ0) is 14.7. The third-order valence-electron chi connectivity index (χ3n) is 2.88. The first-order valence-corrected chi connectivity index (χ1v) is 6.93. The third-order valence-corrected chi connectivity index (χ3v) is 3.44. The quantitative estimate of drug-likeness (QED) is 0.576. The number of nitrogens with one attached hydrogen (secondary N) is 1. The number of hydrogen-bond donors (Lipinski definition) is 1. The van der Waals surface area contributed by atoms with Crippen LogP contribution in [-0.2, 0) is 0 Å². The Morgan fingerprint density at radius 2 is 1.90 bits per heavy atom. The molecule has 0 aliphatic carbocycles. The molecular formula is C15H10Cl2N4. The lowest BCUT2D eigenvalue weighted by atomic mass is 10.2. The fourth-order valence-electron chi connectivity index (χ4n) is 1.86. The number of hydrazone groups is 1. The molecule has 3 rings (SSSR count). The van der Waals surface area contributed by atoms with Gasteiger partial charge in [-0.05, 0) is 24.3 Å². The van der Waals surface area contributed by atoms with Gasteiger partial charge in [-0.15, -0.1) is 0 Å². The number of hydrogen-bond acceptors (Lipinski definition) is 4. The number of benzene rings is 2. The number of nitrogens with zero attached hydrogens (tertiary/aromatic N) is 3. The first-order valence-electron chi connectivity index (χ1n) is 6.18. The van der Waals surface area contributed by atoms with Gasteiger partial charge in [-0.3, -0.25) is 5.43 Å². The topological polar surface area (TPSA) is 50.2 Å². The molecule has 4 nitrogen and oxygen atoms in total. The molecular weight excluding hydrogens is 307 g/mol. The van der Waals surface area contributed by atoms with Crippen LogP contribution in [0.3, 0.4) is 0 Å². The molecule has 1 aromatic heterocycles. The molecule has 104 valence electrons. The van der Waals surface area contributed by atoms with E-state index in [1.54, 1.807) is 24.4 Å². The minimum Gasteiger partial charge on any atom is -0.261 e. The number of anilines is 1. The van der Waals surface area contributed by atoms with Crippen LogP contribution in [0.5, 0.6) is 0 Å². The van der Waals surface area contributed by atoms with E-state index in [0.29, 0.717) is 15.9 Å². The average Bonchev–Trinajstić information content (AvgIpc) is 2.50. The van der Waals surface area contributed by atoms with Crippen molar-refractivity contribution in [2.75, 3.05) is 5.43 Å². The third kappa shape index (κ3) is 3.12. The zero-order valence-electron chi connectivity index (χ0n) is 10.8. The van der Waals surface area contributed by atoms with Gasteiger partial charge in [0.25, 0.3) is 0 Å². The summed E-state index contributed by atoms with van der Waals surface area (Å²) in [5, 5.41) is 6.19. The van der Waals surface area contributed by atoms with Crippen LogP contribution >= 0.6 is 23.2 Å². The van der Waals surface area contributed by atoms with Gasteiger partial charge in [-0.2, -0.15) is 5.10 Å². The van der Waals surface area contributed by atoms with E-state index in [2.05, 4.69) is 20.5 Å². The Morgan fingerprint density at radius 3 is 2.76 bits per heavy atom. The molecule has 0 saturated carbocycles. The Labute approximate surface area is 131 Å². The highest BCUT2D eigenvalue weighted by Crippen LogP contribution is 2.20. The first kappa shape index (κ1) is 13.8. The van der Waals surface area contributed by atoms with Gasteiger partial charge in [0, 0.05) is 16.0 Å². The van der Waals surface area contributed by atoms with Crippen molar-refractivity contribution in [2.24, 2.45) is 5.10 Å². The van der Waals surface area contributed by atoms with E-state index in [1.807, 2.05) is 24.3 Å². The highest BCUT2D eigenvalue weighted by atomic mass is 35.5. The van der Waals surface area contributed by atoms with Crippen LogP contribution in [0.4, 0.5) is 5.82 Å². The van der Waals surface area contributed by atoms with Crippen LogP contribution in [0.15, 0.2) is 53.9 Å². The molecule has 0 radical (unpaired) electrons. The predicted molar refractivity (Wildman–Crippen MR) is 87.2 cm³/mol. The summed E-state index contributed by atoms with van der Waals surface area (Å²) in [4.78, 5) is 8.38. The lowest BCUT2D eigenvalue weighted by Gasteiger charge is -2.03. The summed E-state index contributed by atoms with van der Waals surface area (Å²) >= 11 is 11.9.